The fourth-order valence-electron chi connectivity index (χ4n) is 1.24. The number of aryl methyl sites for hydroxylation is 1. The molecular formula is C11H10F4O2. The fraction of sp³-hybridized carbons (Fsp3) is 0.364. The molecule has 17 heavy (non-hydrogen) atoms. The quantitative estimate of drug-likeness (QED) is 0.832. The van der Waals surface area contributed by atoms with Crippen LogP contribution in [-0.2, 0) is 11.2 Å². The Morgan fingerprint density at radius 2 is 1.76 bits per heavy atom. The highest BCUT2D eigenvalue weighted by molar-refractivity contribution is 5.83. The number of alkyl halides is 3. The average Bonchev–Trinajstić information content (AvgIpc) is 2.25. The van der Waals surface area contributed by atoms with Crippen LogP contribution in [-0.4, -0.2) is 23.2 Å². The molecule has 94 valence electrons. The van der Waals surface area contributed by atoms with Crippen molar-refractivity contribution in [2.24, 2.45) is 0 Å². The molecular weight excluding hydrogens is 240 g/mol. The van der Waals surface area contributed by atoms with Crippen LogP contribution in [0.15, 0.2) is 24.3 Å². The van der Waals surface area contributed by atoms with Crippen LogP contribution >= 0.6 is 0 Å². The van der Waals surface area contributed by atoms with Crippen LogP contribution in [0.3, 0.4) is 0 Å². The van der Waals surface area contributed by atoms with Crippen molar-refractivity contribution in [3.05, 3.63) is 35.6 Å². The molecule has 1 atom stereocenters. The van der Waals surface area contributed by atoms with Gasteiger partial charge in [0.25, 0.3) is 0 Å². The van der Waals surface area contributed by atoms with Gasteiger partial charge in [0.15, 0.2) is 5.78 Å². The van der Waals surface area contributed by atoms with Gasteiger partial charge in [0.2, 0.25) is 6.10 Å². The van der Waals surface area contributed by atoms with E-state index in [0.29, 0.717) is 5.56 Å². The summed E-state index contributed by atoms with van der Waals surface area (Å²) in [4.78, 5) is 11.0. The van der Waals surface area contributed by atoms with E-state index < -0.39 is 30.3 Å². The first-order valence-corrected chi connectivity index (χ1v) is 4.82. The number of hydrogen-bond acceptors (Lipinski definition) is 2. The third-order valence-corrected chi connectivity index (χ3v) is 2.19. The number of aliphatic hydroxyl groups is 1. The number of rotatable bonds is 4. The van der Waals surface area contributed by atoms with Gasteiger partial charge in [0.1, 0.15) is 5.82 Å². The Bertz CT molecular complexity index is 383. The molecule has 1 aromatic rings. The summed E-state index contributed by atoms with van der Waals surface area (Å²) in [6.07, 6.45) is -8.28. The first-order chi connectivity index (χ1) is 7.80. The van der Waals surface area contributed by atoms with Gasteiger partial charge in [-0.25, -0.2) is 4.39 Å². The molecule has 0 spiro atoms. The third kappa shape index (κ3) is 4.14. The molecule has 0 fully saturated rings. The lowest BCUT2D eigenvalue weighted by Gasteiger charge is -2.12. The van der Waals surface area contributed by atoms with Gasteiger partial charge < -0.3 is 5.11 Å². The molecule has 1 N–H and O–H groups in total. The second-order valence-corrected chi connectivity index (χ2v) is 3.54. The predicted octanol–water partition coefficient (Wildman–Crippen LogP) is 2.25. The van der Waals surface area contributed by atoms with Crippen LogP contribution in [0.25, 0.3) is 0 Å². The molecule has 0 bridgehead atoms. The highest BCUT2D eigenvalue weighted by Gasteiger charge is 2.42. The average molecular weight is 250 g/mol. The Morgan fingerprint density at radius 3 is 2.24 bits per heavy atom. The second-order valence-electron chi connectivity index (χ2n) is 3.54. The minimum absolute atomic E-state index is 0.0340. The number of benzene rings is 1. The maximum atomic E-state index is 12.5. The SMILES string of the molecule is O=C(CCc1ccc(F)cc1)C(O)C(F)(F)F. The summed E-state index contributed by atoms with van der Waals surface area (Å²) in [5.74, 6) is -1.75. The highest BCUT2D eigenvalue weighted by atomic mass is 19.4. The third-order valence-electron chi connectivity index (χ3n) is 2.19. The minimum Gasteiger partial charge on any atom is -0.377 e. The van der Waals surface area contributed by atoms with Crippen molar-refractivity contribution in [2.45, 2.75) is 25.1 Å². The number of Topliss-reactive ketones (excluding diaryl/α,β-unsaturated/α-hetero) is 1. The van der Waals surface area contributed by atoms with Crippen LogP contribution in [0.2, 0.25) is 0 Å². The summed E-state index contributed by atoms with van der Waals surface area (Å²) in [7, 11) is 0. The van der Waals surface area contributed by atoms with Gasteiger partial charge in [-0.2, -0.15) is 13.2 Å². The molecule has 1 rings (SSSR count). The lowest BCUT2D eigenvalue weighted by Crippen LogP contribution is -2.36. The number of aliphatic hydroxyl groups excluding tert-OH is 1. The van der Waals surface area contributed by atoms with E-state index in [9.17, 15) is 22.4 Å². The van der Waals surface area contributed by atoms with Crippen molar-refractivity contribution < 1.29 is 27.5 Å². The molecule has 0 aliphatic heterocycles. The summed E-state index contributed by atoms with van der Waals surface area (Å²) in [6, 6.07) is 5.06. The monoisotopic (exact) mass is 250 g/mol. The van der Waals surface area contributed by atoms with E-state index in [1.807, 2.05) is 0 Å². The van der Waals surface area contributed by atoms with E-state index in [4.69, 9.17) is 5.11 Å². The van der Waals surface area contributed by atoms with Crippen molar-refractivity contribution in [1.82, 2.24) is 0 Å². The topological polar surface area (TPSA) is 37.3 Å². The predicted molar refractivity (Wildman–Crippen MR) is 51.8 cm³/mol. The summed E-state index contributed by atoms with van der Waals surface area (Å²) in [6.45, 7) is 0. The Kier molecular flexibility index (Phi) is 4.22. The number of halogens is 4. The molecule has 1 aromatic carbocycles. The maximum absolute atomic E-state index is 12.5. The Labute approximate surface area is 94.9 Å². The maximum Gasteiger partial charge on any atom is 0.421 e. The molecule has 0 aliphatic carbocycles. The number of carbonyl (C=O) groups excluding carboxylic acids is 1. The highest BCUT2D eigenvalue weighted by Crippen LogP contribution is 2.21. The van der Waals surface area contributed by atoms with Gasteiger partial charge in [0.05, 0.1) is 0 Å². The molecule has 0 aromatic heterocycles. The minimum atomic E-state index is -4.93. The number of ketones is 1. The first kappa shape index (κ1) is 13.6. The largest absolute Gasteiger partial charge is 0.421 e. The van der Waals surface area contributed by atoms with Gasteiger partial charge in [-0.05, 0) is 24.1 Å². The van der Waals surface area contributed by atoms with Gasteiger partial charge in [0, 0.05) is 6.42 Å². The van der Waals surface area contributed by atoms with Crippen molar-refractivity contribution >= 4 is 5.78 Å². The zero-order chi connectivity index (χ0) is 13.1. The van der Waals surface area contributed by atoms with Crippen molar-refractivity contribution in [3.63, 3.8) is 0 Å². The normalized spacial score (nSPS) is 13.5. The van der Waals surface area contributed by atoms with E-state index in [1.54, 1.807) is 0 Å². The molecule has 6 heteroatoms. The molecule has 0 aliphatic rings. The molecule has 0 saturated heterocycles. The summed E-state index contributed by atoms with van der Waals surface area (Å²) >= 11 is 0. The van der Waals surface area contributed by atoms with E-state index in [0.717, 1.165) is 12.1 Å². The lowest BCUT2D eigenvalue weighted by atomic mass is 10.0. The van der Waals surface area contributed by atoms with Crippen molar-refractivity contribution in [2.75, 3.05) is 0 Å². The van der Waals surface area contributed by atoms with Gasteiger partial charge in [-0.3, -0.25) is 4.79 Å². The molecule has 0 saturated carbocycles. The van der Waals surface area contributed by atoms with Crippen LogP contribution in [0, 0.1) is 5.82 Å². The standard InChI is InChI=1S/C11H10F4O2/c12-8-4-1-7(2-5-8)3-6-9(16)10(17)11(13,14)15/h1-2,4-5,10,17H,3,6H2. The summed E-state index contributed by atoms with van der Waals surface area (Å²) < 4.78 is 48.4. The molecule has 0 heterocycles. The number of hydrogen-bond donors (Lipinski definition) is 1. The lowest BCUT2D eigenvalue weighted by molar-refractivity contribution is -0.203. The molecule has 2 nitrogen and oxygen atoms in total. The zero-order valence-corrected chi connectivity index (χ0v) is 8.67. The smallest absolute Gasteiger partial charge is 0.377 e. The molecule has 0 amide bonds. The van der Waals surface area contributed by atoms with Gasteiger partial charge >= 0.3 is 6.18 Å². The first-order valence-electron chi connectivity index (χ1n) is 4.82. The van der Waals surface area contributed by atoms with Crippen LogP contribution < -0.4 is 0 Å². The second kappa shape index (κ2) is 5.27. The van der Waals surface area contributed by atoms with E-state index in [-0.39, 0.29) is 6.42 Å². The summed E-state index contributed by atoms with van der Waals surface area (Å²) in [5, 5.41) is 8.64. The Hall–Kier alpha value is -1.43. The van der Waals surface area contributed by atoms with Crippen LogP contribution in [0.4, 0.5) is 17.6 Å². The van der Waals surface area contributed by atoms with E-state index >= 15 is 0 Å². The molecule has 0 radical (unpaired) electrons. The summed E-state index contributed by atoms with van der Waals surface area (Å²) in [5.41, 5.74) is 0.536. The number of carbonyl (C=O) groups is 1. The van der Waals surface area contributed by atoms with Crippen LogP contribution in [0.1, 0.15) is 12.0 Å². The fourth-order valence-corrected chi connectivity index (χ4v) is 1.24. The van der Waals surface area contributed by atoms with Gasteiger partial charge in [-0.15, -0.1) is 0 Å². The Morgan fingerprint density at radius 1 is 1.24 bits per heavy atom. The van der Waals surface area contributed by atoms with Crippen molar-refractivity contribution in [1.29, 1.82) is 0 Å². The van der Waals surface area contributed by atoms with Crippen LogP contribution in [0.5, 0.6) is 0 Å². The van der Waals surface area contributed by atoms with E-state index in [1.165, 1.54) is 12.1 Å². The van der Waals surface area contributed by atoms with E-state index in [2.05, 4.69) is 0 Å². The van der Waals surface area contributed by atoms with Gasteiger partial charge in [-0.1, -0.05) is 12.1 Å². The Balaban J connectivity index is 2.51. The van der Waals surface area contributed by atoms with Crippen molar-refractivity contribution in [3.8, 4) is 0 Å². The zero-order valence-electron chi connectivity index (χ0n) is 8.67. The molecule has 1 unspecified atom stereocenters.